The summed E-state index contributed by atoms with van der Waals surface area (Å²) in [7, 11) is 0. The lowest BCUT2D eigenvalue weighted by Crippen LogP contribution is -2.24. The van der Waals surface area contributed by atoms with E-state index in [2.05, 4.69) is 17.2 Å². The number of para-hydroxylation sites is 2. The summed E-state index contributed by atoms with van der Waals surface area (Å²) in [5.74, 6) is 5.29. The third-order valence-electron chi connectivity index (χ3n) is 1.79. The highest BCUT2D eigenvalue weighted by atomic mass is 16.5. The molecule has 1 aromatic carbocycles. The SMILES string of the molecule is CC#CC(=O)Nc1ccccc1OC(C)(C)C. The number of ether oxygens (including phenoxy) is 1. The molecule has 17 heavy (non-hydrogen) atoms. The Morgan fingerprint density at radius 1 is 1.29 bits per heavy atom. The Morgan fingerprint density at radius 2 is 1.94 bits per heavy atom. The molecular weight excluding hydrogens is 214 g/mol. The normalized spacial score (nSPS) is 10.1. The largest absolute Gasteiger partial charge is 0.486 e. The van der Waals surface area contributed by atoms with Crippen molar-refractivity contribution in [3.63, 3.8) is 0 Å². The van der Waals surface area contributed by atoms with Crippen LogP contribution in [-0.2, 0) is 4.79 Å². The van der Waals surface area contributed by atoms with Crippen molar-refractivity contribution in [1.29, 1.82) is 0 Å². The lowest BCUT2D eigenvalue weighted by Gasteiger charge is -2.23. The highest BCUT2D eigenvalue weighted by molar-refractivity contribution is 6.04. The third kappa shape index (κ3) is 4.60. The van der Waals surface area contributed by atoms with E-state index in [-0.39, 0.29) is 11.5 Å². The maximum Gasteiger partial charge on any atom is 0.300 e. The fraction of sp³-hybridized carbons (Fsp3) is 0.357. The molecule has 0 atom stereocenters. The Labute approximate surface area is 102 Å². The number of carbonyl (C=O) groups is 1. The number of hydrogen-bond donors (Lipinski definition) is 1. The van der Waals surface area contributed by atoms with Crippen LogP contribution >= 0.6 is 0 Å². The van der Waals surface area contributed by atoms with Crippen LogP contribution in [0.2, 0.25) is 0 Å². The summed E-state index contributed by atoms with van der Waals surface area (Å²) in [6.45, 7) is 7.49. The van der Waals surface area contributed by atoms with E-state index in [0.29, 0.717) is 11.4 Å². The molecule has 0 aliphatic carbocycles. The van der Waals surface area contributed by atoms with Gasteiger partial charge < -0.3 is 10.1 Å². The zero-order valence-corrected chi connectivity index (χ0v) is 10.6. The first-order chi connectivity index (χ1) is 7.92. The Morgan fingerprint density at radius 3 is 2.53 bits per heavy atom. The average Bonchev–Trinajstić information content (AvgIpc) is 2.19. The van der Waals surface area contributed by atoms with E-state index in [1.807, 2.05) is 39.0 Å². The Bertz CT molecular complexity index is 461. The first kappa shape index (κ1) is 13.1. The number of nitrogens with one attached hydrogen (secondary N) is 1. The third-order valence-corrected chi connectivity index (χ3v) is 1.79. The van der Waals surface area contributed by atoms with E-state index in [1.165, 1.54) is 0 Å². The first-order valence-electron chi connectivity index (χ1n) is 5.44. The van der Waals surface area contributed by atoms with Crippen molar-refractivity contribution in [2.75, 3.05) is 5.32 Å². The number of rotatable bonds is 2. The maximum atomic E-state index is 11.4. The first-order valence-corrected chi connectivity index (χ1v) is 5.44. The smallest absolute Gasteiger partial charge is 0.300 e. The molecule has 0 saturated heterocycles. The van der Waals surface area contributed by atoms with Gasteiger partial charge in [-0.3, -0.25) is 4.79 Å². The molecule has 0 fully saturated rings. The van der Waals surface area contributed by atoms with Gasteiger partial charge in [0, 0.05) is 0 Å². The van der Waals surface area contributed by atoms with Gasteiger partial charge in [0.05, 0.1) is 5.69 Å². The van der Waals surface area contributed by atoms with Gasteiger partial charge in [-0.15, -0.1) is 0 Å². The zero-order valence-electron chi connectivity index (χ0n) is 10.6. The summed E-state index contributed by atoms with van der Waals surface area (Å²) < 4.78 is 5.75. The number of amides is 1. The molecule has 0 bridgehead atoms. The molecule has 1 N–H and O–H groups in total. The average molecular weight is 231 g/mol. The van der Waals surface area contributed by atoms with Crippen molar-refractivity contribution < 1.29 is 9.53 Å². The minimum atomic E-state index is -0.336. The van der Waals surface area contributed by atoms with Crippen LogP contribution in [0, 0.1) is 11.8 Å². The molecule has 0 radical (unpaired) electrons. The molecule has 0 aliphatic heterocycles. The van der Waals surface area contributed by atoms with E-state index in [0.717, 1.165) is 0 Å². The second-order valence-electron chi connectivity index (χ2n) is 4.54. The predicted octanol–water partition coefficient (Wildman–Crippen LogP) is 2.83. The van der Waals surface area contributed by atoms with Crippen molar-refractivity contribution in [3.05, 3.63) is 24.3 Å². The topological polar surface area (TPSA) is 38.3 Å². The van der Waals surface area contributed by atoms with Crippen molar-refractivity contribution in [2.24, 2.45) is 0 Å². The molecule has 1 amide bonds. The van der Waals surface area contributed by atoms with E-state index >= 15 is 0 Å². The molecule has 3 heteroatoms. The monoisotopic (exact) mass is 231 g/mol. The summed E-state index contributed by atoms with van der Waals surface area (Å²) in [6, 6.07) is 7.31. The number of hydrogen-bond acceptors (Lipinski definition) is 2. The Kier molecular flexibility index (Phi) is 4.17. The van der Waals surface area contributed by atoms with Crippen LogP contribution in [0.4, 0.5) is 5.69 Å². The molecule has 0 saturated carbocycles. The molecule has 0 aromatic heterocycles. The summed E-state index contributed by atoms with van der Waals surface area (Å²) in [6.07, 6.45) is 0. The van der Waals surface area contributed by atoms with Gasteiger partial charge in [0.15, 0.2) is 0 Å². The lowest BCUT2D eigenvalue weighted by atomic mass is 10.2. The highest BCUT2D eigenvalue weighted by Crippen LogP contribution is 2.27. The van der Waals surface area contributed by atoms with E-state index in [1.54, 1.807) is 13.0 Å². The highest BCUT2D eigenvalue weighted by Gasteiger charge is 2.14. The van der Waals surface area contributed by atoms with Gasteiger partial charge in [0.1, 0.15) is 11.4 Å². The van der Waals surface area contributed by atoms with Gasteiger partial charge in [0.25, 0.3) is 5.91 Å². The summed E-state index contributed by atoms with van der Waals surface area (Å²) in [5.41, 5.74) is 0.326. The van der Waals surface area contributed by atoms with Crippen molar-refractivity contribution >= 4 is 11.6 Å². The molecule has 1 rings (SSSR count). The van der Waals surface area contributed by atoms with Crippen LogP contribution in [0.3, 0.4) is 0 Å². The van der Waals surface area contributed by atoms with Gasteiger partial charge in [-0.2, -0.15) is 0 Å². The predicted molar refractivity (Wildman–Crippen MR) is 68.9 cm³/mol. The molecule has 3 nitrogen and oxygen atoms in total. The molecule has 0 aliphatic rings. The van der Waals surface area contributed by atoms with Gasteiger partial charge in [-0.05, 0) is 45.7 Å². The van der Waals surface area contributed by atoms with Gasteiger partial charge >= 0.3 is 0 Å². The van der Waals surface area contributed by atoms with Crippen molar-refractivity contribution in [3.8, 4) is 17.6 Å². The van der Waals surface area contributed by atoms with Crippen LogP contribution in [-0.4, -0.2) is 11.5 Å². The summed E-state index contributed by atoms with van der Waals surface area (Å²) in [5, 5.41) is 2.70. The van der Waals surface area contributed by atoms with E-state index in [9.17, 15) is 4.79 Å². The fourth-order valence-electron chi connectivity index (χ4n) is 1.26. The second kappa shape index (κ2) is 5.40. The van der Waals surface area contributed by atoms with E-state index in [4.69, 9.17) is 4.74 Å². The molecule has 1 aromatic rings. The van der Waals surface area contributed by atoms with Crippen molar-refractivity contribution in [2.45, 2.75) is 33.3 Å². The second-order valence-corrected chi connectivity index (χ2v) is 4.54. The fourth-order valence-corrected chi connectivity index (χ4v) is 1.26. The standard InChI is InChI=1S/C14H17NO2/c1-5-8-13(16)15-11-9-6-7-10-12(11)17-14(2,3)4/h6-7,9-10H,1-4H3,(H,15,16). The van der Waals surface area contributed by atoms with Crippen LogP contribution < -0.4 is 10.1 Å². The van der Waals surface area contributed by atoms with E-state index < -0.39 is 0 Å². The van der Waals surface area contributed by atoms with Gasteiger partial charge in [-0.1, -0.05) is 18.1 Å². The Hall–Kier alpha value is -1.95. The summed E-state index contributed by atoms with van der Waals surface area (Å²) in [4.78, 5) is 11.4. The number of benzene rings is 1. The molecule has 90 valence electrons. The number of anilines is 1. The quantitative estimate of drug-likeness (QED) is 0.795. The number of carbonyl (C=O) groups excluding carboxylic acids is 1. The van der Waals surface area contributed by atoms with Crippen LogP contribution in [0.25, 0.3) is 0 Å². The van der Waals surface area contributed by atoms with Crippen LogP contribution in [0.1, 0.15) is 27.7 Å². The van der Waals surface area contributed by atoms with Gasteiger partial charge in [0.2, 0.25) is 0 Å². The summed E-state index contributed by atoms with van der Waals surface area (Å²) >= 11 is 0. The molecular formula is C14H17NO2. The van der Waals surface area contributed by atoms with Crippen LogP contribution in [0.15, 0.2) is 24.3 Å². The molecule has 0 unspecified atom stereocenters. The van der Waals surface area contributed by atoms with Gasteiger partial charge in [-0.25, -0.2) is 0 Å². The molecule has 0 spiro atoms. The van der Waals surface area contributed by atoms with Crippen LogP contribution in [0.5, 0.6) is 5.75 Å². The Balaban J connectivity index is 2.91. The van der Waals surface area contributed by atoms with Crippen molar-refractivity contribution in [1.82, 2.24) is 0 Å². The minimum Gasteiger partial charge on any atom is -0.486 e. The zero-order chi connectivity index (χ0) is 12.9. The maximum absolute atomic E-state index is 11.4. The molecule has 0 heterocycles. The minimum absolute atomic E-state index is 0.308. The lowest BCUT2D eigenvalue weighted by molar-refractivity contribution is -0.111.